The summed E-state index contributed by atoms with van der Waals surface area (Å²) in [6.07, 6.45) is 4.40. The topological polar surface area (TPSA) is 15.8 Å². The van der Waals surface area contributed by atoms with Gasteiger partial charge in [0.15, 0.2) is 0 Å². The Morgan fingerprint density at radius 2 is 1.82 bits per heavy atom. The number of aryl methyl sites for hydroxylation is 2. The van der Waals surface area contributed by atoms with E-state index in [9.17, 15) is 0 Å². The Morgan fingerprint density at radius 1 is 1.05 bits per heavy atom. The highest BCUT2D eigenvalue weighted by molar-refractivity contribution is 5.89. The van der Waals surface area contributed by atoms with Crippen LogP contribution in [0.3, 0.4) is 0 Å². The van der Waals surface area contributed by atoms with E-state index in [1.165, 1.54) is 38.7 Å². The monoisotopic (exact) mass is 289 g/mol. The highest BCUT2D eigenvalue weighted by Crippen LogP contribution is 2.28. The molecule has 2 aromatic carbocycles. The molecule has 3 rings (SSSR count). The first-order valence-corrected chi connectivity index (χ1v) is 7.87. The minimum Gasteiger partial charge on any atom is -0.361 e. The van der Waals surface area contributed by atoms with Gasteiger partial charge >= 0.3 is 0 Å². The molecule has 0 saturated carbocycles. The summed E-state index contributed by atoms with van der Waals surface area (Å²) in [4.78, 5) is 3.34. The van der Waals surface area contributed by atoms with Crippen LogP contribution in [0, 0.1) is 13.8 Å². The third-order valence-corrected chi connectivity index (χ3v) is 4.72. The van der Waals surface area contributed by atoms with Crippen LogP contribution in [-0.4, -0.2) is 4.98 Å². The quantitative estimate of drug-likeness (QED) is 0.609. The summed E-state index contributed by atoms with van der Waals surface area (Å²) in [5.74, 6) is 0.424. The van der Waals surface area contributed by atoms with Crippen molar-refractivity contribution in [2.75, 3.05) is 0 Å². The van der Waals surface area contributed by atoms with Gasteiger partial charge in [0.1, 0.15) is 0 Å². The highest BCUT2D eigenvalue weighted by atomic mass is 14.7. The lowest BCUT2D eigenvalue weighted by Crippen LogP contribution is -1.96. The van der Waals surface area contributed by atoms with Crippen LogP contribution >= 0.6 is 0 Å². The number of rotatable bonds is 3. The average molecular weight is 289 g/mol. The van der Waals surface area contributed by atoms with E-state index in [2.05, 4.69) is 87.4 Å². The molecule has 0 radical (unpaired) electrons. The maximum Gasteiger partial charge on any atom is 0.0460 e. The molecule has 0 saturated heterocycles. The molecule has 1 heterocycles. The molecule has 1 heteroatoms. The number of allylic oxidation sites excluding steroid dienone is 1. The number of aromatic amines is 1. The minimum atomic E-state index is 0.424. The van der Waals surface area contributed by atoms with Crippen molar-refractivity contribution in [2.45, 2.75) is 33.6 Å². The summed E-state index contributed by atoms with van der Waals surface area (Å²) in [6, 6.07) is 15.2. The number of benzene rings is 2. The van der Waals surface area contributed by atoms with Crippen LogP contribution in [0.25, 0.3) is 17.0 Å². The number of hydrogen-bond donors (Lipinski definition) is 1. The number of para-hydroxylation sites is 1. The van der Waals surface area contributed by atoms with E-state index in [0.717, 1.165) is 0 Å². The molecule has 1 aromatic heterocycles. The molecule has 1 atom stereocenters. The second-order valence-corrected chi connectivity index (χ2v) is 6.24. The first-order chi connectivity index (χ1) is 10.6. The molecular weight excluding hydrogens is 266 g/mol. The first kappa shape index (κ1) is 14.6. The maximum absolute atomic E-state index is 3.34. The molecule has 0 aliphatic rings. The van der Waals surface area contributed by atoms with Crippen LogP contribution in [0.5, 0.6) is 0 Å². The molecule has 1 unspecified atom stereocenters. The molecule has 0 amide bonds. The van der Waals surface area contributed by atoms with Crippen molar-refractivity contribution >= 4 is 17.0 Å². The summed E-state index contributed by atoms with van der Waals surface area (Å²) >= 11 is 0. The van der Waals surface area contributed by atoms with Gasteiger partial charge in [0.05, 0.1) is 0 Å². The van der Waals surface area contributed by atoms with Crippen molar-refractivity contribution in [2.24, 2.45) is 0 Å². The molecule has 112 valence electrons. The molecule has 3 aromatic rings. The van der Waals surface area contributed by atoms with Gasteiger partial charge < -0.3 is 4.98 Å². The fourth-order valence-electron chi connectivity index (χ4n) is 2.88. The lowest BCUT2D eigenvalue weighted by Gasteiger charge is -2.14. The van der Waals surface area contributed by atoms with Gasteiger partial charge in [-0.2, -0.15) is 0 Å². The van der Waals surface area contributed by atoms with Crippen LogP contribution in [0.2, 0.25) is 0 Å². The molecule has 0 spiro atoms. The largest absolute Gasteiger partial charge is 0.361 e. The van der Waals surface area contributed by atoms with E-state index in [1.807, 2.05) is 0 Å². The summed E-state index contributed by atoms with van der Waals surface area (Å²) in [5, 5.41) is 1.29. The predicted octanol–water partition coefficient (Wildman–Crippen LogP) is 5.99. The maximum atomic E-state index is 3.34. The van der Waals surface area contributed by atoms with Gasteiger partial charge in [-0.25, -0.2) is 0 Å². The smallest absolute Gasteiger partial charge is 0.0460 e. The van der Waals surface area contributed by atoms with Crippen molar-refractivity contribution < 1.29 is 0 Å². The van der Waals surface area contributed by atoms with Crippen LogP contribution in [0.15, 0.2) is 54.2 Å². The Morgan fingerprint density at radius 3 is 2.59 bits per heavy atom. The van der Waals surface area contributed by atoms with Gasteiger partial charge in [-0.3, -0.25) is 0 Å². The zero-order valence-corrected chi connectivity index (χ0v) is 13.8. The lowest BCUT2D eigenvalue weighted by molar-refractivity contribution is 0.898. The Hall–Kier alpha value is -2.28. The van der Waals surface area contributed by atoms with E-state index < -0.39 is 0 Å². The fraction of sp³-hybridized carbons (Fsp3) is 0.238. The number of nitrogens with one attached hydrogen (secondary N) is 1. The Kier molecular flexibility index (Phi) is 3.89. The third-order valence-electron chi connectivity index (χ3n) is 4.72. The summed E-state index contributed by atoms with van der Waals surface area (Å²) in [7, 11) is 0. The van der Waals surface area contributed by atoms with Gasteiger partial charge in [-0.05, 0) is 49.1 Å². The van der Waals surface area contributed by atoms with Crippen LogP contribution in [0.4, 0.5) is 0 Å². The standard InChI is InChI=1S/C21H23N/c1-14-9-10-18(11-15(14)2)17(4)16(3)12-19-13-22-21-8-6-5-7-20(19)21/h5-13,17,22H,1-4H3. The molecule has 1 nitrogen and oxygen atoms in total. The first-order valence-electron chi connectivity index (χ1n) is 7.87. The number of aromatic nitrogens is 1. The van der Waals surface area contributed by atoms with Crippen molar-refractivity contribution in [1.29, 1.82) is 0 Å². The normalized spacial score (nSPS) is 13.5. The van der Waals surface area contributed by atoms with Crippen molar-refractivity contribution in [1.82, 2.24) is 4.98 Å². The molecular formula is C21H23N. The van der Waals surface area contributed by atoms with Crippen LogP contribution < -0.4 is 0 Å². The van der Waals surface area contributed by atoms with E-state index >= 15 is 0 Å². The molecule has 0 aliphatic carbocycles. The number of hydrogen-bond acceptors (Lipinski definition) is 0. The SMILES string of the molecule is CC(=Cc1c[nH]c2ccccc12)C(C)c1ccc(C)c(C)c1. The highest BCUT2D eigenvalue weighted by Gasteiger charge is 2.10. The molecule has 1 N–H and O–H groups in total. The van der Waals surface area contributed by atoms with Crippen molar-refractivity contribution in [3.63, 3.8) is 0 Å². The summed E-state index contributed by atoms with van der Waals surface area (Å²) in [6.45, 7) is 8.86. The zero-order valence-electron chi connectivity index (χ0n) is 13.8. The van der Waals surface area contributed by atoms with E-state index in [1.54, 1.807) is 0 Å². The van der Waals surface area contributed by atoms with Gasteiger partial charge in [0.2, 0.25) is 0 Å². The zero-order chi connectivity index (χ0) is 15.7. The second-order valence-electron chi connectivity index (χ2n) is 6.24. The molecule has 0 fully saturated rings. The number of fused-ring (bicyclic) bond motifs is 1. The van der Waals surface area contributed by atoms with Gasteiger partial charge in [0, 0.05) is 23.0 Å². The van der Waals surface area contributed by atoms with Crippen LogP contribution in [0.1, 0.15) is 42.0 Å². The minimum absolute atomic E-state index is 0.424. The average Bonchev–Trinajstić information content (AvgIpc) is 2.92. The lowest BCUT2D eigenvalue weighted by atomic mass is 9.90. The third kappa shape index (κ3) is 2.71. The Bertz CT molecular complexity index is 836. The second kappa shape index (κ2) is 5.84. The Labute approximate surface area is 132 Å². The summed E-state index contributed by atoms with van der Waals surface area (Å²) < 4.78 is 0. The fourth-order valence-corrected chi connectivity index (χ4v) is 2.88. The van der Waals surface area contributed by atoms with E-state index in [4.69, 9.17) is 0 Å². The molecule has 0 bridgehead atoms. The Balaban J connectivity index is 1.95. The molecule has 22 heavy (non-hydrogen) atoms. The van der Waals surface area contributed by atoms with Crippen molar-refractivity contribution in [3.8, 4) is 0 Å². The molecule has 0 aliphatic heterocycles. The number of H-pyrrole nitrogens is 1. The van der Waals surface area contributed by atoms with E-state index in [0.29, 0.717) is 5.92 Å². The van der Waals surface area contributed by atoms with E-state index in [-0.39, 0.29) is 0 Å². The summed E-state index contributed by atoms with van der Waals surface area (Å²) in [5.41, 5.74) is 7.95. The van der Waals surface area contributed by atoms with Gasteiger partial charge in [0.25, 0.3) is 0 Å². The van der Waals surface area contributed by atoms with Crippen molar-refractivity contribution in [3.05, 3.63) is 76.5 Å². The van der Waals surface area contributed by atoms with Gasteiger partial charge in [-0.1, -0.05) is 55.0 Å². The predicted molar refractivity (Wildman–Crippen MR) is 96.3 cm³/mol. The van der Waals surface area contributed by atoms with Crippen LogP contribution in [-0.2, 0) is 0 Å². The van der Waals surface area contributed by atoms with Gasteiger partial charge in [-0.15, -0.1) is 0 Å².